The number of carbonyl (C=O) groups excluding carboxylic acids is 2. The predicted molar refractivity (Wildman–Crippen MR) is 62.9 cm³/mol. The predicted octanol–water partition coefficient (Wildman–Crippen LogP) is 1.66. The second kappa shape index (κ2) is 7.91. The van der Waals surface area contributed by atoms with E-state index in [0.29, 0.717) is 37.5 Å². The fourth-order valence-corrected chi connectivity index (χ4v) is 1.00. The zero-order valence-electron chi connectivity index (χ0n) is 10.3. The van der Waals surface area contributed by atoms with Gasteiger partial charge in [0.15, 0.2) is 0 Å². The molecule has 0 unspecified atom stereocenters. The summed E-state index contributed by atoms with van der Waals surface area (Å²) in [7, 11) is 0. The molecule has 0 aromatic carbocycles. The van der Waals surface area contributed by atoms with E-state index in [4.69, 9.17) is 4.74 Å². The Labute approximate surface area is 97.1 Å². The van der Waals surface area contributed by atoms with Crippen LogP contribution in [0.2, 0.25) is 0 Å². The first-order valence-corrected chi connectivity index (χ1v) is 5.52. The molecule has 4 heteroatoms. The van der Waals surface area contributed by atoms with Crippen LogP contribution in [-0.4, -0.2) is 25.0 Å². The van der Waals surface area contributed by atoms with Gasteiger partial charge in [0.1, 0.15) is 0 Å². The number of esters is 1. The summed E-state index contributed by atoms with van der Waals surface area (Å²) in [5.41, 5.74) is 0.483. The maximum Gasteiger partial charge on any atom is 0.306 e. The summed E-state index contributed by atoms with van der Waals surface area (Å²) in [4.78, 5) is 22.2. The normalized spacial score (nSPS) is 10.0. The van der Waals surface area contributed by atoms with Crippen LogP contribution in [0.1, 0.15) is 33.6 Å². The van der Waals surface area contributed by atoms with Crippen molar-refractivity contribution in [1.29, 1.82) is 0 Å². The van der Waals surface area contributed by atoms with Gasteiger partial charge in [-0.3, -0.25) is 9.59 Å². The molecule has 0 heterocycles. The lowest BCUT2D eigenvalue weighted by Crippen LogP contribution is -2.25. The fourth-order valence-electron chi connectivity index (χ4n) is 1.00. The molecule has 0 saturated carbocycles. The van der Waals surface area contributed by atoms with Crippen molar-refractivity contribution < 1.29 is 14.3 Å². The molecule has 0 bridgehead atoms. The van der Waals surface area contributed by atoms with Gasteiger partial charge in [-0.25, -0.2) is 0 Å². The molecule has 0 aromatic rings. The molecule has 0 fully saturated rings. The molecule has 1 N–H and O–H groups in total. The van der Waals surface area contributed by atoms with Gasteiger partial charge in [-0.15, -0.1) is 0 Å². The summed E-state index contributed by atoms with van der Waals surface area (Å²) >= 11 is 0. The lowest BCUT2D eigenvalue weighted by atomic mass is 10.1. The van der Waals surface area contributed by atoms with Crippen LogP contribution in [0.15, 0.2) is 12.2 Å². The van der Waals surface area contributed by atoms with E-state index in [1.807, 2.05) is 13.8 Å². The standard InChI is InChI=1S/C12H21NO3/c1-9(2)8-11(14)16-7-5-6-13-12(15)10(3)4/h9H,3,5-8H2,1-2,4H3,(H,13,15). The lowest BCUT2D eigenvalue weighted by molar-refractivity contribution is -0.144. The van der Waals surface area contributed by atoms with E-state index in [-0.39, 0.29) is 11.9 Å². The minimum atomic E-state index is -0.179. The second-order valence-electron chi connectivity index (χ2n) is 4.21. The van der Waals surface area contributed by atoms with Gasteiger partial charge in [-0.1, -0.05) is 20.4 Å². The van der Waals surface area contributed by atoms with Gasteiger partial charge in [-0.05, 0) is 19.3 Å². The Hall–Kier alpha value is -1.32. The first-order valence-electron chi connectivity index (χ1n) is 5.52. The molecular formula is C12H21NO3. The van der Waals surface area contributed by atoms with Crippen molar-refractivity contribution in [3.63, 3.8) is 0 Å². The summed E-state index contributed by atoms with van der Waals surface area (Å²) in [6.45, 7) is 9.95. The van der Waals surface area contributed by atoms with Crippen molar-refractivity contribution in [2.24, 2.45) is 5.92 Å². The van der Waals surface area contributed by atoms with Crippen LogP contribution in [-0.2, 0) is 14.3 Å². The number of rotatable bonds is 7. The highest BCUT2D eigenvalue weighted by Crippen LogP contribution is 2.00. The van der Waals surface area contributed by atoms with Crippen molar-refractivity contribution in [3.8, 4) is 0 Å². The third-order valence-electron chi connectivity index (χ3n) is 1.83. The third kappa shape index (κ3) is 8.03. The first-order chi connectivity index (χ1) is 7.43. The van der Waals surface area contributed by atoms with Crippen LogP contribution in [0, 0.1) is 5.92 Å². The third-order valence-corrected chi connectivity index (χ3v) is 1.83. The van der Waals surface area contributed by atoms with Crippen molar-refractivity contribution in [3.05, 3.63) is 12.2 Å². The van der Waals surface area contributed by atoms with Crippen LogP contribution < -0.4 is 5.32 Å². The Kier molecular flexibility index (Phi) is 7.25. The molecule has 0 aliphatic carbocycles. The number of hydrogen-bond acceptors (Lipinski definition) is 3. The highest BCUT2D eigenvalue weighted by atomic mass is 16.5. The zero-order chi connectivity index (χ0) is 12.6. The summed E-state index contributed by atoms with van der Waals surface area (Å²) < 4.78 is 4.98. The van der Waals surface area contributed by atoms with Gasteiger partial charge >= 0.3 is 5.97 Å². The van der Waals surface area contributed by atoms with Crippen LogP contribution in [0.25, 0.3) is 0 Å². The summed E-state index contributed by atoms with van der Waals surface area (Å²) in [6.07, 6.45) is 1.07. The number of amides is 1. The van der Waals surface area contributed by atoms with Gasteiger partial charge in [0.2, 0.25) is 5.91 Å². The fraction of sp³-hybridized carbons (Fsp3) is 0.667. The molecule has 0 spiro atoms. The van der Waals surface area contributed by atoms with E-state index >= 15 is 0 Å². The van der Waals surface area contributed by atoms with E-state index in [1.54, 1.807) is 6.92 Å². The van der Waals surface area contributed by atoms with Gasteiger partial charge < -0.3 is 10.1 Å². The molecule has 0 saturated heterocycles. The summed E-state index contributed by atoms with van der Waals surface area (Å²) in [5, 5.41) is 2.67. The quantitative estimate of drug-likeness (QED) is 0.409. The van der Waals surface area contributed by atoms with Crippen LogP contribution >= 0.6 is 0 Å². The van der Waals surface area contributed by atoms with Crippen LogP contribution in [0.5, 0.6) is 0 Å². The number of hydrogen-bond donors (Lipinski definition) is 1. The molecule has 92 valence electrons. The lowest BCUT2D eigenvalue weighted by Gasteiger charge is -2.07. The molecule has 16 heavy (non-hydrogen) atoms. The molecule has 0 radical (unpaired) electrons. The maximum atomic E-state index is 11.1. The monoisotopic (exact) mass is 227 g/mol. The number of carbonyl (C=O) groups is 2. The Morgan fingerprint density at radius 3 is 2.50 bits per heavy atom. The van der Waals surface area contributed by atoms with E-state index in [9.17, 15) is 9.59 Å². The SMILES string of the molecule is C=C(C)C(=O)NCCCOC(=O)CC(C)C. The van der Waals surface area contributed by atoms with Gasteiger partial charge in [0.25, 0.3) is 0 Å². The van der Waals surface area contributed by atoms with Crippen molar-refractivity contribution >= 4 is 11.9 Å². The topological polar surface area (TPSA) is 55.4 Å². The maximum absolute atomic E-state index is 11.1. The van der Waals surface area contributed by atoms with Gasteiger partial charge in [0.05, 0.1) is 6.61 Å². The molecule has 0 aromatic heterocycles. The van der Waals surface area contributed by atoms with Gasteiger partial charge in [0, 0.05) is 18.5 Å². The van der Waals surface area contributed by atoms with Crippen molar-refractivity contribution in [2.45, 2.75) is 33.6 Å². The Morgan fingerprint density at radius 1 is 1.38 bits per heavy atom. The molecule has 1 amide bonds. The Morgan fingerprint density at radius 2 is 2.00 bits per heavy atom. The Balaban J connectivity index is 3.44. The molecule has 4 nitrogen and oxygen atoms in total. The van der Waals surface area contributed by atoms with Gasteiger partial charge in [-0.2, -0.15) is 0 Å². The zero-order valence-corrected chi connectivity index (χ0v) is 10.3. The molecule has 0 aliphatic heterocycles. The second-order valence-corrected chi connectivity index (χ2v) is 4.21. The number of nitrogens with one attached hydrogen (secondary N) is 1. The smallest absolute Gasteiger partial charge is 0.306 e. The summed E-state index contributed by atoms with van der Waals surface area (Å²) in [6, 6.07) is 0. The van der Waals surface area contributed by atoms with Crippen molar-refractivity contribution in [2.75, 3.05) is 13.2 Å². The van der Waals surface area contributed by atoms with Crippen molar-refractivity contribution in [1.82, 2.24) is 5.32 Å². The van der Waals surface area contributed by atoms with Crippen LogP contribution in [0.3, 0.4) is 0 Å². The highest BCUT2D eigenvalue weighted by Gasteiger charge is 2.05. The van der Waals surface area contributed by atoms with E-state index in [1.165, 1.54) is 0 Å². The number of ether oxygens (including phenoxy) is 1. The van der Waals surface area contributed by atoms with E-state index in [2.05, 4.69) is 11.9 Å². The largest absolute Gasteiger partial charge is 0.466 e. The highest BCUT2D eigenvalue weighted by molar-refractivity contribution is 5.91. The molecule has 0 rings (SSSR count). The van der Waals surface area contributed by atoms with E-state index in [0.717, 1.165) is 0 Å². The minimum Gasteiger partial charge on any atom is -0.466 e. The molecule has 0 aliphatic rings. The average molecular weight is 227 g/mol. The minimum absolute atomic E-state index is 0.159. The molecule has 0 atom stereocenters. The average Bonchev–Trinajstić information content (AvgIpc) is 2.15. The van der Waals surface area contributed by atoms with E-state index < -0.39 is 0 Å². The Bertz CT molecular complexity index is 259. The van der Waals surface area contributed by atoms with Crippen LogP contribution in [0.4, 0.5) is 0 Å². The first kappa shape index (κ1) is 14.7. The summed E-state index contributed by atoms with van der Waals surface area (Å²) in [5.74, 6) is -0.0228. The molecular weight excluding hydrogens is 206 g/mol.